The monoisotopic (exact) mass is 389 g/mol. The lowest BCUT2D eigenvalue weighted by atomic mass is 10.2. The van der Waals surface area contributed by atoms with Crippen LogP contribution in [0.25, 0.3) is 0 Å². The van der Waals surface area contributed by atoms with E-state index in [9.17, 15) is 8.42 Å². The Morgan fingerprint density at radius 1 is 1.24 bits per heavy atom. The number of hydrogen-bond acceptors (Lipinski definition) is 3. The molecule has 112 valence electrons. The van der Waals surface area contributed by atoms with Crippen LogP contribution in [0.2, 0.25) is 5.02 Å². The number of aryl methyl sites for hydroxylation is 1. The van der Waals surface area contributed by atoms with E-state index >= 15 is 0 Å². The highest BCUT2D eigenvalue weighted by molar-refractivity contribution is 9.10. The summed E-state index contributed by atoms with van der Waals surface area (Å²) in [6.07, 6.45) is 0. The largest absolute Gasteiger partial charge is 0.493 e. The smallest absolute Gasteiger partial charge is 0.262 e. The molecule has 0 aromatic heterocycles. The van der Waals surface area contributed by atoms with Gasteiger partial charge in [-0.1, -0.05) is 29.8 Å². The number of ether oxygens (including phenoxy) is 1. The molecule has 0 bridgehead atoms. The molecule has 2 rings (SSSR count). The lowest BCUT2D eigenvalue weighted by Gasteiger charge is -2.14. The van der Waals surface area contributed by atoms with Gasteiger partial charge in [0.2, 0.25) is 0 Å². The molecule has 21 heavy (non-hydrogen) atoms. The van der Waals surface area contributed by atoms with Crippen molar-refractivity contribution in [3.8, 4) is 5.75 Å². The third kappa shape index (κ3) is 3.51. The third-order valence-corrected chi connectivity index (χ3v) is 5.17. The zero-order valence-electron chi connectivity index (χ0n) is 11.4. The average molecular weight is 391 g/mol. The van der Waals surface area contributed by atoms with Crippen molar-refractivity contribution in [3.05, 3.63) is 51.5 Å². The molecular formula is C14H13BrClNO3S. The summed E-state index contributed by atoms with van der Waals surface area (Å²) in [5.41, 5.74) is 0.935. The van der Waals surface area contributed by atoms with Crippen LogP contribution in [0.3, 0.4) is 0 Å². The summed E-state index contributed by atoms with van der Waals surface area (Å²) >= 11 is 9.26. The van der Waals surface area contributed by atoms with Gasteiger partial charge in [0.05, 0.1) is 22.2 Å². The van der Waals surface area contributed by atoms with Crippen LogP contribution in [0.4, 0.5) is 5.69 Å². The number of hydrogen-bond donors (Lipinski definition) is 1. The first kappa shape index (κ1) is 16.1. The zero-order valence-corrected chi connectivity index (χ0v) is 14.5. The number of rotatable bonds is 4. The maximum Gasteiger partial charge on any atom is 0.262 e. The Bertz CT molecular complexity index is 778. The number of benzene rings is 2. The van der Waals surface area contributed by atoms with E-state index in [0.717, 1.165) is 0 Å². The molecule has 0 aliphatic carbocycles. The molecule has 4 nitrogen and oxygen atoms in total. The Balaban J connectivity index is 2.49. The van der Waals surface area contributed by atoms with Crippen LogP contribution in [0, 0.1) is 6.92 Å². The van der Waals surface area contributed by atoms with Crippen molar-refractivity contribution >= 4 is 43.2 Å². The number of sulfonamides is 1. The van der Waals surface area contributed by atoms with Crippen molar-refractivity contribution in [1.29, 1.82) is 0 Å². The fraction of sp³-hybridized carbons (Fsp3) is 0.143. The summed E-state index contributed by atoms with van der Waals surface area (Å²) < 4.78 is 33.3. The second kappa shape index (κ2) is 6.25. The van der Waals surface area contributed by atoms with Gasteiger partial charge in [0.1, 0.15) is 0 Å². The van der Waals surface area contributed by atoms with Gasteiger partial charge in [0, 0.05) is 5.02 Å². The van der Waals surface area contributed by atoms with Gasteiger partial charge in [-0.3, -0.25) is 4.72 Å². The van der Waals surface area contributed by atoms with E-state index in [1.54, 1.807) is 37.3 Å². The molecule has 0 heterocycles. The Morgan fingerprint density at radius 2 is 1.90 bits per heavy atom. The molecule has 0 radical (unpaired) electrons. The summed E-state index contributed by atoms with van der Waals surface area (Å²) in [4.78, 5) is 0.211. The maximum absolute atomic E-state index is 12.5. The topological polar surface area (TPSA) is 55.4 Å². The van der Waals surface area contributed by atoms with Crippen molar-refractivity contribution in [3.63, 3.8) is 0 Å². The molecule has 2 aromatic carbocycles. The normalized spacial score (nSPS) is 11.2. The van der Waals surface area contributed by atoms with Crippen LogP contribution in [0.1, 0.15) is 5.56 Å². The molecule has 0 fully saturated rings. The molecule has 0 aliphatic heterocycles. The van der Waals surface area contributed by atoms with E-state index in [1.165, 1.54) is 13.2 Å². The van der Waals surface area contributed by atoms with Crippen molar-refractivity contribution in [2.75, 3.05) is 11.8 Å². The number of halogens is 2. The van der Waals surface area contributed by atoms with Crippen LogP contribution < -0.4 is 9.46 Å². The average Bonchev–Trinajstić information content (AvgIpc) is 2.38. The minimum absolute atomic E-state index is 0.211. The van der Waals surface area contributed by atoms with Crippen LogP contribution in [0.5, 0.6) is 5.75 Å². The predicted octanol–water partition coefficient (Wildman–Crippen LogP) is 4.22. The van der Waals surface area contributed by atoms with E-state index in [-0.39, 0.29) is 10.6 Å². The molecule has 0 spiro atoms. The second-order valence-corrected chi connectivity index (χ2v) is 7.28. The van der Waals surface area contributed by atoms with Crippen LogP contribution in [-0.4, -0.2) is 15.5 Å². The Labute approximate surface area is 137 Å². The van der Waals surface area contributed by atoms with Gasteiger partial charge in [0.15, 0.2) is 5.75 Å². The summed E-state index contributed by atoms with van der Waals surface area (Å²) in [5.74, 6) is 0.372. The molecule has 0 atom stereocenters. The first-order chi connectivity index (χ1) is 9.85. The van der Waals surface area contributed by atoms with E-state index in [0.29, 0.717) is 20.8 Å². The molecular weight excluding hydrogens is 378 g/mol. The highest BCUT2D eigenvalue weighted by Gasteiger charge is 2.20. The van der Waals surface area contributed by atoms with Crippen molar-refractivity contribution in [2.45, 2.75) is 11.8 Å². The van der Waals surface area contributed by atoms with Crippen molar-refractivity contribution < 1.29 is 13.2 Å². The molecule has 1 N–H and O–H groups in total. The van der Waals surface area contributed by atoms with Crippen LogP contribution in [-0.2, 0) is 10.0 Å². The molecule has 0 saturated heterocycles. The predicted molar refractivity (Wildman–Crippen MR) is 87.7 cm³/mol. The van der Waals surface area contributed by atoms with Gasteiger partial charge in [-0.05, 0) is 46.6 Å². The standard InChI is InChI=1S/C14H13BrClNO3S/c1-9-5-3-4-6-13(9)21(18,19)17-12-8-10(16)7-11(15)14(12)20-2/h3-8,17H,1-2H3. The summed E-state index contributed by atoms with van der Waals surface area (Å²) in [5, 5.41) is 0.394. The van der Waals surface area contributed by atoms with Crippen LogP contribution in [0.15, 0.2) is 45.8 Å². The number of methoxy groups -OCH3 is 1. The fourth-order valence-corrected chi connectivity index (χ4v) is 4.17. The Kier molecular flexibility index (Phi) is 4.81. The first-order valence-electron chi connectivity index (χ1n) is 5.96. The van der Waals surface area contributed by atoms with Gasteiger partial charge in [-0.25, -0.2) is 8.42 Å². The van der Waals surface area contributed by atoms with Gasteiger partial charge in [-0.2, -0.15) is 0 Å². The molecule has 0 amide bonds. The molecule has 0 unspecified atom stereocenters. The minimum Gasteiger partial charge on any atom is -0.493 e. The van der Waals surface area contributed by atoms with E-state index in [1.807, 2.05) is 0 Å². The third-order valence-electron chi connectivity index (χ3n) is 2.84. The minimum atomic E-state index is -3.72. The lowest BCUT2D eigenvalue weighted by molar-refractivity contribution is 0.414. The Morgan fingerprint density at radius 3 is 2.52 bits per heavy atom. The highest BCUT2D eigenvalue weighted by atomic mass is 79.9. The fourth-order valence-electron chi connectivity index (χ4n) is 1.90. The summed E-state index contributed by atoms with van der Waals surface area (Å²) in [6, 6.07) is 9.87. The molecule has 0 saturated carbocycles. The number of nitrogens with one attached hydrogen (secondary N) is 1. The molecule has 7 heteroatoms. The van der Waals surface area contributed by atoms with E-state index < -0.39 is 10.0 Å². The molecule has 2 aromatic rings. The quantitative estimate of drug-likeness (QED) is 0.850. The SMILES string of the molecule is COc1c(Br)cc(Cl)cc1NS(=O)(=O)c1ccccc1C. The van der Waals surface area contributed by atoms with Gasteiger partial charge < -0.3 is 4.74 Å². The van der Waals surface area contributed by atoms with Gasteiger partial charge in [-0.15, -0.1) is 0 Å². The summed E-state index contributed by atoms with van der Waals surface area (Å²) in [7, 11) is -2.26. The van der Waals surface area contributed by atoms with Crippen LogP contribution >= 0.6 is 27.5 Å². The van der Waals surface area contributed by atoms with Crippen molar-refractivity contribution in [1.82, 2.24) is 0 Å². The van der Waals surface area contributed by atoms with Gasteiger partial charge in [0.25, 0.3) is 10.0 Å². The van der Waals surface area contributed by atoms with E-state index in [4.69, 9.17) is 16.3 Å². The summed E-state index contributed by atoms with van der Waals surface area (Å²) in [6.45, 7) is 1.74. The lowest BCUT2D eigenvalue weighted by Crippen LogP contribution is -2.15. The second-order valence-electron chi connectivity index (χ2n) is 4.34. The first-order valence-corrected chi connectivity index (χ1v) is 8.62. The Hall–Kier alpha value is -1.24. The van der Waals surface area contributed by atoms with Gasteiger partial charge >= 0.3 is 0 Å². The number of anilines is 1. The zero-order chi connectivity index (χ0) is 15.6. The van der Waals surface area contributed by atoms with Crippen molar-refractivity contribution in [2.24, 2.45) is 0 Å². The highest BCUT2D eigenvalue weighted by Crippen LogP contribution is 2.37. The van der Waals surface area contributed by atoms with E-state index in [2.05, 4.69) is 20.7 Å². The maximum atomic E-state index is 12.5. The molecule has 0 aliphatic rings.